The molecule has 0 unspecified atom stereocenters. The second kappa shape index (κ2) is 12.7. The molecule has 1 atom stereocenters. The number of thiocarbonyl (C=S) groups is 1. The van der Waals surface area contributed by atoms with Gasteiger partial charge in [-0.15, -0.1) is 0 Å². The Bertz CT molecular complexity index is 825. The van der Waals surface area contributed by atoms with Crippen LogP contribution in [0, 0.1) is 0 Å². The molecule has 0 aliphatic carbocycles. The highest BCUT2D eigenvalue weighted by Gasteiger charge is 2.09. The fourth-order valence-electron chi connectivity index (χ4n) is 2.72. The fourth-order valence-corrected chi connectivity index (χ4v) is 2.77. The van der Waals surface area contributed by atoms with Crippen molar-refractivity contribution in [1.82, 2.24) is 10.7 Å². The van der Waals surface area contributed by atoms with Gasteiger partial charge in [-0.2, -0.15) is 5.10 Å². The van der Waals surface area contributed by atoms with Crippen molar-refractivity contribution in [2.24, 2.45) is 5.10 Å². The lowest BCUT2D eigenvalue weighted by Gasteiger charge is -2.14. The van der Waals surface area contributed by atoms with Crippen LogP contribution in [0.1, 0.15) is 43.7 Å². The molecule has 0 aromatic heterocycles. The van der Waals surface area contributed by atoms with Crippen LogP contribution in [-0.4, -0.2) is 38.7 Å². The maximum Gasteiger partial charge on any atom is 0.186 e. The number of para-hydroxylation sites is 1. The summed E-state index contributed by atoms with van der Waals surface area (Å²) in [6, 6.07) is 14.0. The van der Waals surface area contributed by atoms with E-state index >= 15 is 0 Å². The zero-order valence-electron chi connectivity index (χ0n) is 18.1. The van der Waals surface area contributed by atoms with Crippen molar-refractivity contribution >= 4 is 23.5 Å². The molecule has 0 radical (unpaired) electrons. The Morgan fingerprint density at radius 3 is 2.53 bits per heavy atom. The maximum absolute atomic E-state index is 5.97. The topological polar surface area (TPSA) is 64.1 Å². The lowest BCUT2D eigenvalue weighted by atomic mass is 9.99. The third-order valence-corrected chi connectivity index (χ3v) is 4.99. The molecule has 0 fully saturated rings. The zero-order chi connectivity index (χ0) is 21.8. The van der Waals surface area contributed by atoms with Crippen molar-refractivity contribution in [1.29, 1.82) is 0 Å². The predicted molar refractivity (Wildman–Crippen MR) is 126 cm³/mol. The zero-order valence-corrected chi connectivity index (χ0v) is 18.9. The lowest BCUT2D eigenvalue weighted by molar-refractivity contribution is 0.240. The van der Waals surface area contributed by atoms with E-state index in [1.54, 1.807) is 20.4 Å². The molecular weight excluding hydrogens is 398 g/mol. The summed E-state index contributed by atoms with van der Waals surface area (Å²) in [6.45, 7) is 5.49. The van der Waals surface area contributed by atoms with Crippen LogP contribution in [-0.2, 0) is 0 Å². The summed E-state index contributed by atoms with van der Waals surface area (Å²) in [4.78, 5) is 0. The van der Waals surface area contributed by atoms with E-state index in [-0.39, 0.29) is 0 Å². The third-order valence-electron chi connectivity index (χ3n) is 4.69. The quantitative estimate of drug-likeness (QED) is 0.238. The number of nitrogens with one attached hydrogen (secondary N) is 2. The third kappa shape index (κ3) is 7.22. The predicted octanol–water partition coefficient (Wildman–Crippen LogP) is 4.48. The average molecular weight is 430 g/mol. The molecule has 2 aromatic rings. The van der Waals surface area contributed by atoms with Crippen LogP contribution >= 0.6 is 12.2 Å². The van der Waals surface area contributed by atoms with Gasteiger partial charge in [-0.3, -0.25) is 5.43 Å². The van der Waals surface area contributed by atoms with E-state index in [1.807, 2.05) is 30.3 Å². The summed E-state index contributed by atoms with van der Waals surface area (Å²) >= 11 is 5.01. The van der Waals surface area contributed by atoms with Crippen LogP contribution in [0.25, 0.3) is 0 Å². The first-order valence-electron chi connectivity index (χ1n) is 10.1. The number of rotatable bonds is 11. The minimum atomic E-state index is 0.436. The van der Waals surface area contributed by atoms with Gasteiger partial charge >= 0.3 is 0 Å². The van der Waals surface area contributed by atoms with Gasteiger partial charge in [0, 0.05) is 19.0 Å². The Morgan fingerprint density at radius 1 is 1.13 bits per heavy atom. The Morgan fingerprint density at radius 2 is 1.87 bits per heavy atom. The van der Waals surface area contributed by atoms with E-state index in [2.05, 4.69) is 41.8 Å². The maximum atomic E-state index is 5.97. The van der Waals surface area contributed by atoms with Gasteiger partial charge in [-0.25, -0.2) is 0 Å². The Labute approximate surface area is 184 Å². The minimum absolute atomic E-state index is 0.436. The largest absolute Gasteiger partial charge is 0.493 e. The van der Waals surface area contributed by atoms with E-state index < -0.39 is 0 Å². The minimum Gasteiger partial charge on any atom is -0.493 e. The number of methoxy groups -OCH3 is 1. The van der Waals surface area contributed by atoms with Crippen molar-refractivity contribution in [3.63, 3.8) is 0 Å². The second-order valence-corrected chi connectivity index (χ2v) is 7.16. The number of ether oxygens (including phenoxy) is 3. The molecule has 6 nitrogen and oxygen atoms in total. The first-order chi connectivity index (χ1) is 14.6. The van der Waals surface area contributed by atoms with E-state index in [0.717, 1.165) is 24.2 Å². The van der Waals surface area contributed by atoms with E-state index in [0.29, 0.717) is 35.7 Å². The SMILES string of the molecule is CC[C@@H](C)c1ccc(OCCCOc2c(/C=N\NC(=S)NC)cccc2OC)cc1. The van der Waals surface area contributed by atoms with Crippen LogP contribution in [0.4, 0.5) is 0 Å². The van der Waals surface area contributed by atoms with Gasteiger partial charge < -0.3 is 19.5 Å². The summed E-state index contributed by atoms with van der Waals surface area (Å²) < 4.78 is 17.2. The lowest BCUT2D eigenvalue weighted by Crippen LogP contribution is -2.28. The monoisotopic (exact) mass is 429 g/mol. The van der Waals surface area contributed by atoms with Crippen LogP contribution in [0.2, 0.25) is 0 Å². The molecule has 2 N–H and O–H groups in total. The molecule has 0 bridgehead atoms. The molecule has 0 saturated heterocycles. The summed E-state index contributed by atoms with van der Waals surface area (Å²) in [5.74, 6) is 2.73. The Balaban J connectivity index is 1.87. The highest BCUT2D eigenvalue weighted by Crippen LogP contribution is 2.30. The fraction of sp³-hybridized carbons (Fsp3) is 0.391. The number of hydrogen-bond acceptors (Lipinski definition) is 5. The molecule has 0 heterocycles. The first kappa shape index (κ1) is 23.5. The van der Waals surface area contributed by atoms with Gasteiger partial charge in [-0.1, -0.05) is 32.0 Å². The summed E-state index contributed by atoms with van der Waals surface area (Å²) in [7, 11) is 3.34. The molecule has 0 spiro atoms. The molecule has 2 rings (SSSR count). The smallest absolute Gasteiger partial charge is 0.186 e. The Kier molecular flexibility index (Phi) is 9.94. The number of hydrazone groups is 1. The van der Waals surface area contributed by atoms with Crippen LogP contribution in [0.3, 0.4) is 0 Å². The number of nitrogens with zero attached hydrogens (tertiary/aromatic N) is 1. The molecule has 0 saturated carbocycles. The highest BCUT2D eigenvalue weighted by molar-refractivity contribution is 7.80. The summed E-state index contributed by atoms with van der Waals surface area (Å²) in [6.07, 6.45) is 3.52. The molecule has 0 aliphatic heterocycles. The van der Waals surface area contributed by atoms with Crippen molar-refractivity contribution in [2.45, 2.75) is 32.6 Å². The van der Waals surface area contributed by atoms with E-state index in [1.165, 1.54) is 5.56 Å². The standard InChI is InChI=1S/C23H31N3O3S/c1-5-17(2)18-10-12-20(13-11-18)28-14-7-15-29-22-19(8-6-9-21(22)27-4)16-25-26-23(30)24-3/h6,8-13,16-17H,5,7,14-15H2,1-4H3,(H2,24,26,30)/b25-16-/t17-/m1/s1. The van der Waals surface area contributed by atoms with Gasteiger partial charge in [-0.05, 0) is 54.4 Å². The average Bonchev–Trinajstić information content (AvgIpc) is 2.79. The van der Waals surface area contributed by atoms with Crippen LogP contribution < -0.4 is 25.0 Å². The van der Waals surface area contributed by atoms with Crippen molar-refractivity contribution in [3.8, 4) is 17.2 Å². The molecule has 30 heavy (non-hydrogen) atoms. The van der Waals surface area contributed by atoms with Gasteiger partial charge in [0.15, 0.2) is 16.6 Å². The second-order valence-electron chi connectivity index (χ2n) is 6.76. The van der Waals surface area contributed by atoms with Crippen LogP contribution in [0.5, 0.6) is 17.2 Å². The van der Waals surface area contributed by atoms with Crippen molar-refractivity contribution in [2.75, 3.05) is 27.4 Å². The molecule has 7 heteroatoms. The van der Waals surface area contributed by atoms with E-state index in [4.69, 9.17) is 26.4 Å². The molecule has 0 amide bonds. The van der Waals surface area contributed by atoms with E-state index in [9.17, 15) is 0 Å². The first-order valence-corrected chi connectivity index (χ1v) is 10.5. The van der Waals surface area contributed by atoms with Crippen molar-refractivity contribution < 1.29 is 14.2 Å². The highest BCUT2D eigenvalue weighted by atomic mass is 32.1. The molecule has 0 aliphatic rings. The van der Waals surface area contributed by atoms with Gasteiger partial charge in [0.05, 0.1) is 26.5 Å². The molecule has 162 valence electrons. The normalized spacial score (nSPS) is 11.7. The van der Waals surface area contributed by atoms with Crippen LogP contribution in [0.15, 0.2) is 47.6 Å². The van der Waals surface area contributed by atoms with Crippen molar-refractivity contribution in [3.05, 3.63) is 53.6 Å². The number of benzene rings is 2. The van der Waals surface area contributed by atoms with Gasteiger partial charge in [0.25, 0.3) is 0 Å². The Hall–Kier alpha value is -2.80. The molecule has 2 aromatic carbocycles. The van der Waals surface area contributed by atoms with Gasteiger partial charge in [0.1, 0.15) is 5.75 Å². The summed E-state index contributed by atoms with van der Waals surface area (Å²) in [5.41, 5.74) is 4.86. The molecular formula is C23H31N3O3S. The summed E-state index contributed by atoms with van der Waals surface area (Å²) in [5, 5.41) is 7.35. The number of hydrogen-bond donors (Lipinski definition) is 2. The van der Waals surface area contributed by atoms with Gasteiger partial charge in [0.2, 0.25) is 0 Å².